The van der Waals surface area contributed by atoms with E-state index in [9.17, 15) is 4.79 Å². The molecular weight excluding hydrogens is 250 g/mol. The number of fused-ring (bicyclic) bond motifs is 1. The van der Waals surface area contributed by atoms with Gasteiger partial charge in [-0.15, -0.1) is 0 Å². The van der Waals surface area contributed by atoms with Gasteiger partial charge in [-0.05, 0) is 44.0 Å². The highest BCUT2D eigenvalue weighted by Crippen LogP contribution is 2.36. The van der Waals surface area contributed by atoms with Gasteiger partial charge in [0.1, 0.15) is 5.75 Å². The molecule has 0 aromatic heterocycles. The van der Waals surface area contributed by atoms with Crippen LogP contribution < -0.4 is 10.1 Å². The van der Waals surface area contributed by atoms with Gasteiger partial charge in [-0.25, -0.2) is 0 Å². The molecular formula is C17H17NO2. The zero-order chi connectivity index (χ0) is 14.3. The van der Waals surface area contributed by atoms with E-state index < -0.39 is 5.60 Å². The minimum absolute atomic E-state index is 0.119. The van der Waals surface area contributed by atoms with Crippen LogP contribution in [0.1, 0.15) is 19.4 Å². The summed E-state index contributed by atoms with van der Waals surface area (Å²) in [7, 11) is 0. The lowest BCUT2D eigenvalue weighted by atomic mass is 10.0. The molecule has 1 N–H and O–H groups in total. The molecule has 0 saturated carbocycles. The van der Waals surface area contributed by atoms with E-state index in [1.165, 1.54) is 5.56 Å². The Morgan fingerprint density at radius 3 is 2.35 bits per heavy atom. The van der Waals surface area contributed by atoms with Gasteiger partial charge in [-0.2, -0.15) is 0 Å². The van der Waals surface area contributed by atoms with Gasteiger partial charge in [-0.1, -0.05) is 35.9 Å². The van der Waals surface area contributed by atoms with Gasteiger partial charge in [0.25, 0.3) is 5.91 Å². The highest BCUT2D eigenvalue weighted by atomic mass is 16.5. The number of amides is 1. The second-order valence-electron chi connectivity index (χ2n) is 5.64. The number of carbonyl (C=O) groups is 1. The van der Waals surface area contributed by atoms with Crippen LogP contribution in [0.5, 0.6) is 5.75 Å². The standard InChI is InChI=1S/C17H17NO2/c1-11-4-6-12(7-5-11)13-8-9-15-14(10-13)18-16(19)17(2,3)20-15/h4-10H,1-3H3,(H,18,19). The second kappa shape index (κ2) is 4.37. The van der Waals surface area contributed by atoms with Crippen LogP contribution in [0.2, 0.25) is 0 Å². The molecule has 0 bridgehead atoms. The van der Waals surface area contributed by atoms with E-state index >= 15 is 0 Å². The Morgan fingerprint density at radius 1 is 1.00 bits per heavy atom. The SMILES string of the molecule is Cc1ccc(-c2ccc3c(c2)NC(=O)C(C)(C)O3)cc1. The van der Waals surface area contributed by atoms with Crippen molar-refractivity contribution in [2.45, 2.75) is 26.4 Å². The number of ether oxygens (including phenoxy) is 1. The molecule has 0 atom stereocenters. The van der Waals surface area contributed by atoms with Gasteiger partial charge in [0, 0.05) is 0 Å². The summed E-state index contributed by atoms with van der Waals surface area (Å²) < 4.78 is 5.73. The maximum absolute atomic E-state index is 11.9. The smallest absolute Gasteiger partial charge is 0.268 e. The zero-order valence-corrected chi connectivity index (χ0v) is 11.9. The molecule has 1 amide bonds. The Morgan fingerprint density at radius 2 is 1.65 bits per heavy atom. The summed E-state index contributed by atoms with van der Waals surface area (Å²) in [6, 6.07) is 14.2. The van der Waals surface area contributed by atoms with E-state index in [1.54, 1.807) is 13.8 Å². The molecule has 1 aliphatic rings. The van der Waals surface area contributed by atoms with Crippen LogP contribution in [-0.2, 0) is 4.79 Å². The first-order valence-electron chi connectivity index (χ1n) is 6.67. The van der Waals surface area contributed by atoms with Gasteiger partial charge in [0.05, 0.1) is 5.69 Å². The van der Waals surface area contributed by atoms with Crippen LogP contribution in [0.25, 0.3) is 11.1 Å². The van der Waals surface area contributed by atoms with Crippen molar-refractivity contribution in [2.24, 2.45) is 0 Å². The topological polar surface area (TPSA) is 38.3 Å². The van der Waals surface area contributed by atoms with E-state index in [1.807, 2.05) is 18.2 Å². The Hall–Kier alpha value is -2.29. The van der Waals surface area contributed by atoms with Crippen molar-refractivity contribution in [1.82, 2.24) is 0 Å². The van der Waals surface area contributed by atoms with Gasteiger partial charge in [0.2, 0.25) is 0 Å². The van der Waals surface area contributed by atoms with Crippen molar-refractivity contribution in [3.8, 4) is 16.9 Å². The first-order chi connectivity index (χ1) is 9.45. The fraction of sp³-hybridized carbons (Fsp3) is 0.235. The molecule has 102 valence electrons. The minimum atomic E-state index is -0.821. The number of aryl methyl sites for hydroxylation is 1. The molecule has 3 heteroatoms. The van der Waals surface area contributed by atoms with Crippen LogP contribution in [0.4, 0.5) is 5.69 Å². The Kier molecular flexibility index (Phi) is 2.78. The third kappa shape index (κ3) is 2.16. The third-order valence-electron chi connectivity index (χ3n) is 3.52. The highest BCUT2D eigenvalue weighted by molar-refractivity contribution is 6.00. The average molecular weight is 267 g/mol. The predicted octanol–water partition coefficient (Wildman–Crippen LogP) is 3.77. The van der Waals surface area contributed by atoms with Crippen molar-refractivity contribution in [2.75, 3.05) is 5.32 Å². The first kappa shape index (κ1) is 12.7. The van der Waals surface area contributed by atoms with Crippen molar-refractivity contribution in [1.29, 1.82) is 0 Å². The lowest BCUT2D eigenvalue weighted by Gasteiger charge is -2.31. The van der Waals surface area contributed by atoms with Crippen LogP contribution in [0.15, 0.2) is 42.5 Å². The highest BCUT2D eigenvalue weighted by Gasteiger charge is 2.35. The van der Waals surface area contributed by atoms with Crippen LogP contribution in [-0.4, -0.2) is 11.5 Å². The Labute approximate surface area is 118 Å². The fourth-order valence-corrected chi connectivity index (χ4v) is 2.24. The van der Waals surface area contributed by atoms with Gasteiger partial charge in [0.15, 0.2) is 5.60 Å². The summed E-state index contributed by atoms with van der Waals surface area (Å²) >= 11 is 0. The largest absolute Gasteiger partial charge is 0.476 e. The second-order valence-corrected chi connectivity index (χ2v) is 5.64. The zero-order valence-electron chi connectivity index (χ0n) is 11.9. The summed E-state index contributed by atoms with van der Waals surface area (Å²) in [6.07, 6.45) is 0. The quantitative estimate of drug-likeness (QED) is 0.854. The summed E-state index contributed by atoms with van der Waals surface area (Å²) in [6.45, 7) is 5.59. The molecule has 2 aromatic carbocycles. The average Bonchev–Trinajstić information content (AvgIpc) is 2.40. The van der Waals surface area contributed by atoms with E-state index in [2.05, 4.69) is 36.5 Å². The molecule has 20 heavy (non-hydrogen) atoms. The first-order valence-corrected chi connectivity index (χ1v) is 6.67. The van der Waals surface area contributed by atoms with Crippen molar-refractivity contribution in [3.05, 3.63) is 48.0 Å². The maximum Gasteiger partial charge on any atom is 0.268 e. The van der Waals surface area contributed by atoms with E-state index in [0.717, 1.165) is 16.8 Å². The minimum Gasteiger partial charge on any atom is -0.476 e. The monoisotopic (exact) mass is 267 g/mol. The molecule has 0 fully saturated rings. The molecule has 0 spiro atoms. The van der Waals surface area contributed by atoms with Crippen molar-refractivity contribution >= 4 is 11.6 Å². The van der Waals surface area contributed by atoms with Crippen molar-refractivity contribution < 1.29 is 9.53 Å². The number of hydrogen-bond acceptors (Lipinski definition) is 2. The van der Waals surface area contributed by atoms with E-state index in [4.69, 9.17) is 4.74 Å². The Balaban J connectivity index is 2.00. The van der Waals surface area contributed by atoms with Crippen LogP contribution >= 0.6 is 0 Å². The van der Waals surface area contributed by atoms with E-state index in [0.29, 0.717) is 5.75 Å². The summed E-state index contributed by atoms with van der Waals surface area (Å²) in [5, 5.41) is 2.91. The molecule has 2 aromatic rings. The number of nitrogens with one attached hydrogen (secondary N) is 1. The lowest BCUT2D eigenvalue weighted by molar-refractivity contribution is -0.129. The van der Waals surface area contributed by atoms with Gasteiger partial charge < -0.3 is 10.1 Å². The predicted molar refractivity (Wildman–Crippen MR) is 80.0 cm³/mol. The molecule has 0 unspecified atom stereocenters. The third-order valence-corrected chi connectivity index (χ3v) is 3.52. The number of rotatable bonds is 1. The number of anilines is 1. The normalized spacial score (nSPS) is 16.1. The maximum atomic E-state index is 11.9. The molecule has 1 heterocycles. The molecule has 0 aliphatic carbocycles. The number of benzene rings is 2. The molecule has 1 aliphatic heterocycles. The summed E-state index contributed by atoms with van der Waals surface area (Å²) in [5.74, 6) is 0.594. The molecule has 0 radical (unpaired) electrons. The van der Waals surface area contributed by atoms with Crippen LogP contribution in [0.3, 0.4) is 0 Å². The Bertz CT molecular complexity index is 672. The van der Waals surface area contributed by atoms with Crippen LogP contribution in [0, 0.1) is 6.92 Å². The summed E-state index contributed by atoms with van der Waals surface area (Å²) in [4.78, 5) is 11.9. The number of carbonyl (C=O) groups excluding carboxylic acids is 1. The molecule has 3 rings (SSSR count). The molecule has 3 nitrogen and oxygen atoms in total. The van der Waals surface area contributed by atoms with Crippen molar-refractivity contribution in [3.63, 3.8) is 0 Å². The molecule has 0 saturated heterocycles. The van der Waals surface area contributed by atoms with Gasteiger partial charge in [-0.3, -0.25) is 4.79 Å². The number of hydrogen-bond donors (Lipinski definition) is 1. The fourth-order valence-electron chi connectivity index (χ4n) is 2.24. The summed E-state index contributed by atoms with van der Waals surface area (Å²) in [5.41, 5.74) is 3.32. The van der Waals surface area contributed by atoms with Gasteiger partial charge >= 0.3 is 0 Å². The lowest BCUT2D eigenvalue weighted by Crippen LogP contribution is -2.45. The van der Waals surface area contributed by atoms with E-state index in [-0.39, 0.29) is 5.91 Å².